The molecule has 0 bridgehead atoms. The summed E-state index contributed by atoms with van der Waals surface area (Å²) in [6, 6.07) is 25.0. The molecule has 7 nitrogen and oxygen atoms in total. The molecule has 1 N–H and O–H groups in total. The molecular weight excluding hydrogens is 498 g/mol. The average molecular weight is 526 g/mol. The van der Waals surface area contributed by atoms with Crippen LogP contribution in [0.4, 0.5) is 10.5 Å². The Morgan fingerprint density at radius 3 is 2.47 bits per heavy atom. The van der Waals surface area contributed by atoms with Crippen molar-refractivity contribution in [3.8, 4) is 5.75 Å². The minimum absolute atomic E-state index is 0.290. The van der Waals surface area contributed by atoms with Gasteiger partial charge in [0.1, 0.15) is 18.9 Å². The van der Waals surface area contributed by atoms with Crippen molar-refractivity contribution in [3.63, 3.8) is 0 Å². The first-order chi connectivity index (χ1) is 18.5. The third-order valence-corrected chi connectivity index (χ3v) is 7.18. The van der Waals surface area contributed by atoms with Crippen molar-refractivity contribution in [1.82, 2.24) is 9.47 Å². The number of aromatic nitrogens is 1. The number of para-hydroxylation sites is 2. The van der Waals surface area contributed by atoms with E-state index in [1.807, 2.05) is 85.1 Å². The van der Waals surface area contributed by atoms with Crippen LogP contribution in [-0.4, -0.2) is 39.7 Å². The van der Waals surface area contributed by atoms with E-state index in [0.717, 1.165) is 50.9 Å². The average Bonchev–Trinajstić information content (AvgIpc) is 3.41. The predicted octanol–water partition coefficient (Wildman–Crippen LogP) is 5.96. The third kappa shape index (κ3) is 5.65. The fraction of sp³-hybridized carbons (Fsp3) is 0.167. The Morgan fingerprint density at radius 2 is 1.71 bits per heavy atom. The number of nitrogens with zero attached hydrogens (tertiary/aromatic N) is 2. The minimum atomic E-state index is -0.472. The van der Waals surface area contributed by atoms with E-state index < -0.39 is 17.1 Å². The summed E-state index contributed by atoms with van der Waals surface area (Å²) in [6.07, 6.45) is 4.58. The van der Waals surface area contributed by atoms with E-state index in [2.05, 4.69) is 16.8 Å². The molecule has 5 rings (SSSR count). The van der Waals surface area contributed by atoms with E-state index in [4.69, 9.17) is 4.74 Å². The van der Waals surface area contributed by atoms with Crippen LogP contribution in [0.5, 0.6) is 5.75 Å². The highest BCUT2D eigenvalue weighted by Gasteiger charge is 2.36. The number of anilines is 1. The van der Waals surface area contributed by atoms with Crippen LogP contribution in [0.2, 0.25) is 0 Å². The summed E-state index contributed by atoms with van der Waals surface area (Å²) in [5.41, 5.74) is 3.61. The number of aryl methyl sites for hydroxylation is 1. The van der Waals surface area contributed by atoms with E-state index in [9.17, 15) is 14.4 Å². The smallest absolute Gasteiger partial charge is 0.294 e. The summed E-state index contributed by atoms with van der Waals surface area (Å²) in [7, 11) is 0. The summed E-state index contributed by atoms with van der Waals surface area (Å²) in [5, 5.41) is 3.26. The molecule has 1 fully saturated rings. The zero-order valence-electron chi connectivity index (χ0n) is 20.9. The van der Waals surface area contributed by atoms with Crippen molar-refractivity contribution < 1.29 is 19.1 Å². The SMILES string of the molecule is CCc1ccc(NC(=O)CN2C(=O)S/C(=C\c3cn(CCOc4ccccc4)c4ccccc34)C2=O)cc1. The topological polar surface area (TPSA) is 80.6 Å². The van der Waals surface area contributed by atoms with Gasteiger partial charge in [-0.15, -0.1) is 0 Å². The number of thioether (sulfide) groups is 1. The van der Waals surface area contributed by atoms with Gasteiger partial charge in [0.25, 0.3) is 11.1 Å². The number of fused-ring (bicyclic) bond motifs is 1. The van der Waals surface area contributed by atoms with Crippen LogP contribution in [0.25, 0.3) is 17.0 Å². The van der Waals surface area contributed by atoms with Crippen LogP contribution in [0.15, 0.2) is 90.0 Å². The second-order valence-electron chi connectivity index (χ2n) is 8.82. The van der Waals surface area contributed by atoms with Crippen molar-refractivity contribution >= 4 is 51.5 Å². The minimum Gasteiger partial charge on any atom is -0.492 e. The van der Waals surface area contributed by atoms with Gasteiger partial charge < -0.3 is 14.6 Å². The maximum absolute atomic E-state index is 13.1. The molecule has 8 heteroatoms. The Balaban J connectivity index is 1.29. The maximum atomic E-state index is 13.1. The van der Waals surface area contributed by atoms with E-state index >= 15 is 0 Å². The molecule has 3 aromatic carbocycles. The number of amides is 3. The first kappa shape index (κ1) is 25.4. The lowest BCUT2D eigenvalue weighted by Gasteiger charge is -2.12. The number of rotatable bonds is 9. The summed E-state index contributed by atoms with van der Waals surface area (Å²) in [6.45, 7) is 2.81. The maximum Gasteiger partial charge on any atom is 0.294 e. The molecule has 0 radical (unpaired) electrons. The summed E-state index contributed by atoms with van der Waals surface area (Å²) < 4.78 is 7.93. The van der Waals surface area contributed by atoms with Gasteiger partial charge in [-0.25, -0.2) is 0 Å². The first-order valence-electron chi connectivity index (χ1n) is 12.4. The number of hydrogen-bond acceptors (Lipinski definition) is 5. The monoisotopic (exact) mass is 525 g/mol. The Bertz CT molecular complexity index is 1510. The largest absolute Gasteiger partial charge is 0.492 e. The molecule has 192 valence electrons. The van der Waals surface area contributed by atoms with Crippen molar-refractivity contribution in [2.45, 2.75) is 19.9 Å². The molecule has 0 aliphatic carbocycles. The quantitative estimate of drug-likeness (QED) is 0.273. The van der Waals surface area contributed by atoms with Gasteiger partial charge in [-0.05, 0) is 60.2 Å². The Labute approximate surface area is 225 Å². The van der Waals surface area contributed by atoms with Crippen molar-refractivity contribution in [2.75, 3.05) is 18.5 Å². The second-order valence-corrected chi connectivity index (χ2v) is 9.82. The summed E-state index contributed by atoms with van der Waals surface area (Å²) in [4.78, 5) is 39.5. The number of ether oxygens (including phenoxy) is 1. The molecule has 1 aliphatic heterocycles. The van der Waals surface area contributed by atoms with Gasteiger partial charge in [0.2, 0.25) is 5.91 Å². The Kier molecular flexibility index (Phi) is 7.60. The molecule has 1 saturated heterocycles. The predicted molar refractivity (Wildman–Crippen MR) is 151 cm³/mol. The number of nitrogens with one attached hydrogen (secondary N) is 1. The molecule has 3 amide bonds. The number of carbonyl (C=O) groups is 3. The van der Waals surface area contributed by atoms with Crippen LogP contribution in [0.1, 0.15) is 18.1 Å². The lowest BCUT2D eigenvalue weighted by atomic mass is 10.1. The Hall–Kier alpha value is -4.30. The molecule has 0 atom stereocenters. The van der Waals surface area contributed by atoms with Gasteiger partial charge in [0.15, 0.2) is 0 Å². The Morgan fingerprint density at radius 1 is 0.974 bits per heavy atom. The molecule has 2 heterocycles. The normalized spacial score (nSPS) is 14.4. The summed E-state index contributed by atoms with van der Waals surface area (Å²) in [5.74, 6) is -0.0894. The van der Waals surface area contributed by atoms with Crippen LogP contribution < -0.4 is 10.1 Å². The fourth-order valence-electron chi connectivity index (χ4n) is 4.30. The molecule has 0 unspecified atom stereocenters. The molecule has 0 spiro atoms. The van der Waals surface area contributed by atoms with Gasteiger partial charge in [-0.1, -0.05) is 55.5 Å². The molecule has 1 aliphatic rings. The van der Waals surface area contributed by atoms with Crippen LogP contribution in [0, 0.1) is 0 Å². The van der Waals surface area contributed by atoms with Gasteiger partial charge >= 0.3 is 0 Å². The molecule has 4 aromatic rings. The van der Waals surface area contributed by atoms with E-state index in [-0.39, 0.29) is 6.54 Å². The van der Waals surface area contributed by atoms with Crippen molar-refractivity contribution in [2.24, 2.45) is 0 Å². The van der Waals surface area contributed by atoms with Gasteiger partial charge in [-0.3, -0.25) is 19.3 Å². The number of imide groups is 1. The molecule has 1 aromatic heterocycles. The number of benzene rings is 3. The first-order valence-corrected chi connectivity index (χ1v) is 13.2. The summed E-state index contributed by atoms with van der Waals surface area (Å²) >= 11 is 0.847. The van der Waals surface area contributed by atoms with Gasteiger partial charge in [-0.2, -0.15) is 0 Å². The zero-order valence-corrected chi connectivity index (χ0v) is 21.7. The zero-order chi connectivity index (χ0) is 26.5. The highest BCUT2D eigenvalue weighted by Crippen LogP contribution is 2.34. The van der Waals surface area contributed by atoms with E-state index in [1.54, 1.807) is 6.08 Å². The van der Waals surface area contributed by atoms with E-state index in [1.165, 1.54) is 0 Å². The van der Waals surface area contributed by atoms with Crippen molar-refractivity contribution in [3.05, 3.63) is 101 Å². The van der Waals surface area contributed by atoms with Gasteiger partial charge in [0, 0.05) is 28.4 Å². The van der Waals surface area contributed by atoms with Crippen LogP contribution in [0.3, 0.4) is 0 Å². The lowest BCUT2D eigenvalue weighted by molar-refractivity contribution is -0.127. The number of hydrogen-bond donors (Lipinski definition) is 1. The fourth-order valence-corrected chi connectivity index (χ4v) is 5.13. The van der Waals surface area contributed by atoms with Gasteiger partial charge in [0.05, 0.1) is 11.4 Å². The standard InChI is InChI=1S/C30H27N3O4S/c1-2-21-12-14-23(15-13-21)31-28(34)20-33-29(35)27(38-30(33)36)18-22-19-32(26-11-7-6-10-25(22)26)16-17-37-24-8-4-3-5-9-24/h3-15,18-19H,2,16-17,20H2,1H3,(H,31,34)/b27-18-. The molecule has 0 saturated carbocycles. The highest BCUT2D eigenvalue weighted by molar-refractivity contribution is 8.18. The van der Waals surface area contributed by atoms with Crippen LogP contribution >= 0.6 is 11.8 Å². The number of carbonyl (C=O) groups excluding carboxylic acids is 3. The van der Waals surface area contributed by atoms with Crippen LogP contribution in [-0.2, 0) is 22.6 Å². The highest BCUT2D eigenvalue weighted by atomic mass is 32.2. The third-order valence-electron chi connectivity index (χ3n) is 6.27. The van der Waals surface area contributed by atoms with Crippen molar-refractivity contribution in [1.29, 1.82) is 0 Å². The molecule has 38 heavy (non-hydrogen) atoms. The second kappa shape index (κ2) is 11.4. The van der Waals surface area contributed by atoms with E-state index in [0.29, 0.717) is 23.7 Å². The molecular formula is C30H27N3O4S. The lowest BCUT2D eigenvalue weighted by Crippen LogP contribution is -2.36.